The SMILES string of the molecule is [N-]=[N+]=Nc1ccc(OC(=N)CCC2C=CSS2)cc1. The highest BCUT2D eigenvalue weighted by atomic mass is 33.1. The van der Waals surface area contributed by atoms with Gasteiger partial charge in [-0.25, -0.2) is 0 Å². The van der Waals surface area contributed by atoms with Crippen molar-refractivity contribution in [3.8, 4) is 5.75 Å². The summed E-state index contributed by atoms with van der Waals surface area (Å²) >= 11 is 0. The Bertz CT molecular complexity index is 523. The molecule has 1 aliphatic heterocycles. The van der Waals surface area contributed by atoms with Gasteiger partial charge in [0.15, 0.2) is 5.90 Å². The minimum Gasteiger partial charge on any atom is -0.444 e. The van der Waals surface area contributed by atoms with Crippen molar-refractivity contribution in [1.29, 1.82) is 5.41 Å². The van der Waals surface area contributed by atoms with Crippen LogP contribution in [-0.2, 0) is 0 Å². The third-order valence-corrected chi connectivity index (χ3v) is 4.85. The minimum absolute atomic E-state index is 0.252. The lowest BCUT2D eigenvalue weighted by Gasteiger charge is -2.09. The van der Waals surface area contributed by atoms with Crippen molar-refractivity contribution >= 4 is 33.2 Å². The largest absolute Gasteiger partial charge is 0.444 e. The zero-order valence-electron chi connectivity index (χ0n) is 10.0. The van der Waals surface area contributed by atoms with E-state index in [0.29, 0.717) is 23.1 Å². The van der Waals surface area contributed by atoms with E-state index in [1.807, 2.05) is 0 Å². The molecule has 98 valence electrons. The Morgan fingerprint density at radius 2 is 2.21 bits per heavy atom. The second-order valence-corrected chi connectivity index (χ2v) is 6.22. The van der Waals surface area contributed by atoms with Crippen molar-refractivity contribution in [1.82, 2.24) is 0 Å². The molecule has 0 aromatic heterocycles. The molecule has 0 fully saturated rings. The molecule has 0 radical (unpaired) electrons. The molecule has 7 heteroatoms. The molecule has 1 aliphatic rings. The van der Waals surface area contributed by atoms with Gasteiger partial charge in [-0.1, -0.05) is 32.8 Å². The molecule has 1 aromatic rings. The first kappa shape index (κ1) is 13.9. The van der Waals surface area contributed by atoms with E-state index in [2.05, 4.69) is 21.5 Å². The van der Waals surface area contributed by atoms with Gasteiger partial charge < -0.3 is 4.74 Å². The summed E-state index contributed by atoms with van der Waals surface area (Å²) in [5.74, 6) is 0.841. The summed E-state index contributed by atoms with van der Waals surface area (Å²) in [5.41, 5.74) is 8.83. The quantitative estimate of drug-likeness (QED) is 0.206. The van der Waals surface area contributed by atoms with Crippen molar-refractivity contribution in [2.45, 2.75) is 18.1 Å². The van der Waals surface area contributed by atoms with Crippen LogP contribution in [0.15, 0.2) is 40.9 Å². The van der Waals surface area contributed by atoms with Gasteiger partial charge in [0.2, 0.25) is 0 Å². The number of nitrogens with one attached hydrogen (secondary N) is 1. The van der Waals surface area contributed by atoms with E-state index in [1.54, 1.807) is 45.9 Å². The molecule has 5 nitrogen and oxygen atoms in total. The minimum atomic E-state index is 0.252. The molecule has 1 unspecified atom stereocenters. The number of rotatable bonds is 5. The summed E-state index contributed by atoms with van der Waals surface area (Å²) in [6, 6.07) is 6.71. The van der Waals surface area contributed by atoms with E-state index in [4.69, 9.17) is 15.7 Å². The molecule has 2 rings (SSSR count). The first-order valence-electron chi connectivity index (χ1n) is 5.67. The van der Waals surface area contributed by atoms with Gasteiger partial charge in [-0.3, -0.25) is 5.41 Å². The summed E-state index contributed by atoms with van der Waals surface area (Å²) < 4.78 is 5.42. The van der Waals surface area contributed by atoms with Gasteiger partial charge in [0, 0.05) is 22.3 Å². The van der Waals surface area contributed by atoms with Crippen LogP contribution in [0.3, 0.4) is 0 Å². The maximum absolute atomic E-state index is 8.29. The fourth-order valence-electron chi connectivity index (χ4n) is 1.50. The van der Waals surface area contributed by atoms with E-state index in [1.165, 1.54) is 0 Å². The Balaban J connectivity index is 1.80. The van der Waals surface area contributed by atoms with Gasteiger partial charge >= 0.3 is 0 Å². The number of benzene rings is 1. The predicted molar refractivity (Wildman–Crippen MR) is 80.9 cm³/mol. The third-order valence-electron chi connectivity index (χ3n) is 2.42. The first-order chi connectivity index (χ1) is 9.28. The van der Waals surface area contributed by atoms with E-state index < -0.39 is 0 Å². The standard InChI is InChI=1S/C12H12N4OS2/c13-12(6-5-11-7-8-18-19-11)17-10-3-1-9(2-4-10)15-16-14/h1-4,7-8,11,13H,5-6H2. The fourth-order valence-corrected chi connectivity index (χ4v) is 3.71. The predicted octanol–water partition coefficient (Wildman–Crippen LogP) is 5.04. The number of nitrogens with zero attached hydrogens (tertiary/aromatic N) is 3. The highest BCUT2D eigenvalue weighted by Crippen LogP contribution is 2.37. The summed E-state index contributed by atoms with van der Waals surface area (Å²) in [5, 5.41) is 13.8. The molecule has 1 aromatic carbocycles. The van der Waals surface area contributed by atoms with Crippen LogP contribution in [0.1, 0.15) is 12.8 Å². The molecule has 0 spiro atoms. The van der Waals surface area contributed by atoms with Gasteiger partial charge in [-0.2, -0.15) is 0 Å². The highest BCUT2D eigenvalue weighted by molar-refractivity contribution is 8.78. The van der Waals surface area contributed by atoms with E-state index in [0.717, 1.165) is 6.42 Å². The second-order valence-electron chi connectivity index (χ2n) is 3.81. The molecule has 0 saturated carbocycles. The van der Waals surface area contributed by atoms with Gasteiger partial charge in [0.25, 0.3) is 0 Å². The van der Waals surface area contributed by atoms with Crippen LogP contribution >= 0.6 is 21.6 Å². The second kappa shape index (κ2) is 7.13. The molecule has 19 heavy (non-hydrogen) atoms. The average Bonchev–Trinajstić information content (AvgIpc) is 2.92. The van der Waals surface area contributed by atoms with Crippen LogP contribution in [0.2, 0.25) is 0 Å². The molecule has 0 saturated heterocycles. The molecular formula is C12H12N4OS2. The number of ether oxygens (including phenoxy) is 1. The van der Waals surface area contributed by atoms with Crippen LogP contribution < -0.4 is 4.74 Å². The van der Waals surface area contributed by atoms with Gasteiger partial charge in [-0.15, -0.1) is 0 Å². The molecule has 0 aliphatic carbocycles. The maximum Gasteiger partial charge on any atom is 0.187 e. The Kier molecular flexibility index (Phi) is 5.20. The van der Waals surface area contributed by atoms with Crippen LogP contribution in [0, 0.1) is 5.41 Å². The molecule has 1 heterocycles. The molecule has 1 N–H and O–H groups in total. The van der Waals surface area contributed by atoms with E-state index >= 15 is 0 Å². The number of azide groups is 1. The topological polar surface area (TPSA) is 81.8 Å². The zero-order valence-corrected chi connectivity index (χ0v) is 11.7. The van der Waals surface area contributed by atoms with Crippen molar-refractivity contribution in [3.63, 3.8) is 0 Å². The van der Waals surface area contributed by atoms with Crippen LogP contribution in [-0.4, -0.2) is 11.1 Å². The lowest BCUT2D eigenvalue weighted by molar-refractivity contribution is 0.523. The number of hydrogen-bond acceptors (Lipinski definition) is 5. The van der Waals surface area contributed by atoms with Gasteiger partial charge in [0.05, 0.1) is 0 Å². The summed E-state index contributed by atoms with van der Waals surface area (Å²) in [6.45, 7) is 0. The lowest BCUT2D eigenvalue weighted by Crippen LogP contribution is -2.09. The molecule has 0 bridgehead atoms. The normalized spacial score (nSPS) is 16.9. The smallest absolute Gasteiger partial charge is 0.187 e. The fraction of sp³-hybridized carbons (Fsp3) is 0.250. The Labute approximate surface area is 119 Å². The van der Waals surface area contributed by atoms with E-state index in [9.17, 15) is 0 Å². The van der Waals surface area contributed by atoms with Crippen molar-refractivity contribution < 1.29 is 4.74 Å². The molecular weight excluding hydrogens is 280 g/mol. The van der Waals surface area contributed by atoms with Crippen LogP contribution in [0.4, 0.5) is 5.69 Å². The Morgan fingerprint density at radius 3 is 2.84 bits per heavy atom. The lowest BCUT2D eigenvalue weighted by atomic mass is 10.2. The average molecular weight is 292 g/mol. The summed E-state index contributed by atoms with van der Waals surface area (Å²) in [4.78, 5) is 2.70. The van der Waals surface area contributed by atoms with Gasteiger partial charge in [-0.05, 0) is 41.6 Å². The monoisotopic (exact) mass is 292 g/mol. The summed E-state index contributed by atoms with van der Waals surface area (Å²) in [7, 11) is 3.53. The summed E-state index contributed by atoms with van der Waals surface area (Å²) in [6.07, 6.45) is 3.67. The Hall–Kier alpha value is -1.56. The van der Waals surface area contributed by atoms with Crippen molar-refractivity contribution in [2.75, 3.05) is 0 Å². The zero-order chi connectivity index (χ0) is 13.5. The maximum atomic E-state index is 8.29. The molecule has 1 atom stereocenters. The third kappa shape index (κ3) is 4.55. The van der Waals surface area contributed by atoms with Crippen LogP contribution in [0.5, 0.6) is 5.75 Å². The Morgan fingerprint density at radius 1 is 1.42 bits per heavy atom. The first-order valence-corrected chi connectivity index (χ1v) is 7.95. The van der Waals surface area contributed by atoms with Gasteiger partial charge in [0.1, 0.15) is 5.75 Å². The van der Waals surface area contributed by atoms with E-state index in [-0.39, 0.29) is 5.90 Å². The van der Waals surface area contributed by atoms with Crippen LogP contribution in [0.25, 0.3) is 10.4 Å². The van der Waals surface area contributed by atoms with Crippen molar-refractivity contribution in [3.05, 3.63) is 46.2 Å². The number of hydrogen-bond donors (Lipinski definition) is 1. The highest BCUT2D eigenvalue weighted by Gasteiger charge is 2.12. The molecule has 0 amide bonds. The van der Waals surface area contributed by atoms with Crippen molar-refractivity contribution in [2.24, 2.45) is 5.11 Å².